The molecule has 0 aliphatic carbocycles. The molecule has 3 N–H and O–H groups in total. The van der Waals surface area contributed by atoms with Crippen molar-refractivity contribution in [3.05, 3.63) is 54.1 Å². The lowest BCUT2D eigenvalue weighted by Crippen LogP contribution is -2.11. The highest BCUT2D eigenvalue weighted by atomic mass is 32.2. The van der Waals surface area contributed by atoms with E-state index in [2.05, 4.69) is 5.32 Å². The molecule has 0 spiro atoms. The fourth-order valence-electron chi connectivity index (χ4n) is 1.58. The van der Waals surface area contributed by atoms with Crippen molar-refractivity contribution in [1.29, 1.82) is 0 Å². The minimum atomic E-state index is -4.32. The summed E-state index contributed by atoms with van der Waals surface area (Å²) < 4.78 is 36.6. The SMILES string of the molecule is Nc1ccc(C(=O)Nc2ccc(SC(F)(F)F)cc2)cc1. The van der Waals surface area contributed by atoms with Crippen LogP contribution in [0.25, 0.3) is 0 Å². The summed E-state index contributed by atoms with van der Waals surface area (Å²) in [7, 11) is 0. The predicted octanol–water partition coefficient (Wildman–Crippen LogP) is 4.13. The molecule has 0 saturated carbocycles. The van der Waals surface area contributed by atoms with Crippen LogP contribution in [0, 0.1) is 0 Å². The van der Waals surface area contributed by atoms with Gasteiger partial charge in [-0.1, -0.05) is 0 Å². The van der Waals surface area contributed by atoms with Gasteiger partial charge in [-0.25, -0.2) is 0 Å². The number of thioether (sulfide) groups is 1. The van der Waals surface area contributed by atoms with Crippen LogP contribution in [0.1, 0.15) is 10.4 Å². The van der Waals surface area contributed by atoms with E-state index in [4.69, 9.17) is 5.73 Å². The number of halogens is 3. The van der Waals surface area contributed by atoms with Gasteiger partial charge in [-0.05, 0) is 60.3 Å². The highest BCUT2D eigenvalue weighted by molar-refractivity contribution is 8.00. The zero-order valence-electron chi connectivity index (χ0n) is 10.6. The van der Waals surface area contributed by atoms with Crippen molar-refractivity contribution < 1.29 is 18.0 Å². The number of benzene rings is 2. The number of nitrogens with two attached hydrogens (primary N) is 1. The first-order chi connectivity index (χ1) is 9.83. The summed E-state index contributed by atoms with van der Waals surface area (Å²) in [5, 5.41) is 2.60. The lowest BCUT2D eigenvalue weighted by atomic mass is 10.2. The molecule has 110 valence electrons. The van der Waals surface area contributed by atoms with Gasteiger partial charge in [0.2, 0.25) is 0 Å². The number of carbonyl (C=O) groups is 1. The van der Waals surface area contributed by atoms with Gasteiger partial charge in [-0.3, -0.25) is 4.79 Å². The van der Waals surface area contributed by atoms with Crippen LogP contribution in [-0.4, -0.2) is 11.4 Å². The first-order valence-electron chi connectivity index (χ1n) is 5.86. The molecule has 0 radical (unpaired) electrons. The average Bonchev–Trinajstić information content (AvgIpc) is 2.40. The fourth-order valence-corrected chi connectivity index (χ4v) is 2.12. The van der Waals surface area contributed by atoms with Gasteiger partial charge in [0.05, 0.1) is 0 Å². The number of rotatable bonds is 3. The van der Waals surface area contributed by atoms with Crippen LogP contribution in [-0.2, 0) is 0 Å². The van der Waals surface area contributed by atoms with Crippen LogP contribution in [0.15, 0.2) is 53.4 Å². The van der Waals surface area contributed by atoms with Crippen molar-refractivity contribution in [2.75, 3.05) is 11.1 Å². The number of amides is 1. The molecule has 0 bridgehead atoms. The highest BCUT2D eigenvalue weighted by Crippen LogP contribution is 2.37. The maximum atomic E-state index is 12.2. The second-order valence-corrected chi connectivity index (χ2v) is 5.29. The van der Waals surface area contributed by atoms with E-state index >= 15 is 0 Å². The summed E-state index contributed by atoms with van der Waals surface area (Å²) in [6.07, 6.45) is 0. The van der Waals surface area contributed by atoms with Crippen LogP contribution in [0.3, 0.4) is 0 Å². The van der Waals surface area contributed by atoms with Gasteiger partial charge in [0.1, 0.15) is 0 Å². The number of hydrogen-bond donors (Lipinski definition) is 2. The highest BCUT2D eigenvalue weighted by Gasteiger charge is 2.29. The lowest BCUT2D eigenvalue weighted by Gasteiger charge is -2.08. The molecule has 3 nitrogen and oxygen atoms in total. The molecule has 0 aliphatic heterocycles. The van der Waals surface area contributed by atoms with Gasteiger partial charge in [0, 0.05) is 21.8 Å². The molecule has 2 rings (SSSR count). The van der Waals surface area contributed by atoms with Crippen molar-refractivity contribution in [3.8, 4) is 0 Å². The Bertz CT molecular complexity index is 624. The van der Waals surface area contributed by atoms with Gasteiger partial charge in [-0.2, -0.15) is 13.2 Å². The summed E-state index contributed by atoms with van der Waals surface area (Å²) in [6, 6.07) is 11.8. The Labute approximate surface area is 123 Å². The Hall–Kier alpha value is -2.15. The molecular formula is C14H11F3N2OS. The lowest BCUT2D eigenvalue weighted by molar-refractivity contribution is -0.0328. The van der Waals surface area contributed by atoms with E-state index in [0.29, 0.717) is 16.9 Å². The topological polar surface area (TPSA) is 55.1 Å². The van der Waals surface area contributed by atoms with Crippen molar-refractivity contribution in [2.24, 2.45) is 0 Å². The molecule has 0 heterocycles. The normalized spacial score (nSPS) is 11.2. The zero-order chi connectivity index (χ0) is 15.5. The van der Waals surface area contributed by atoms with E-state index in [9.17, 15) is 18.0 Å². The van der Waals surface area contributed by atoms with E-state index < -0.39 is 5.51 Å². The van der Waals surface area contributed by atoms with Crippen LogP contribution in [0.4, 0.5) is 24.5 Å². The standard InChI is InChI=1S/C14H11F3N2OS/c15-14(16,17)21-12-7-5-11(6-8-12)19-13(20)9-1-3-10(18)4-2-9/h1-8H,18H2,(H,19,20). The first-order valence-corrected chi connectivity index (χ1v) is 6.68. The van der Waals surface area contributed by atoms with Crippen LogP contribution in [0.5, 0.6) is 0 Å². The molecule has 0 aliphatic rings. The second kappa shape index (κ2) is 6.09. The van der Waals surface area contributed by atoms with Gasteiger partial charge in [0.15, 0.2) is 0 Å². The summed E-state index contributed by atoms with van der Waals surface area (Å²) in [6.45, 7) is 0. The third-order valence-corrected chi connectivity index (χ3v) is 3.26. The number of hydrogen-bond acceptors (Lipinski definition) is 3. The Morgan fingerprint density at radius 3 is 2.10 bits per heavy atom. The average molecular weight is 312 g/mol. The third-order valence-electron chi connectivity index (χ3n) is 2.52. The minimum Gasteiger partial charge on any atom is -0.399 e. The number of anilines is 2. The van der Waals surface area contributed by atoms with Gasteiger partial charge >= 0.3 is 5.51 Å². The van der Waals surface area contributed by atoms with Crippen LogP contribution in [0.2, 0.25) is 0 Å². The Balaban J connectivity index is 2.03. The quantitative estimate of drug-likeness (QED) is 0.662. The van der Waals surface area contributed by atoms with Crippen molar-refractivity contribution in [3.63, 3.8) is 0 Å². The molecule has 0 aromatic heterocycles. The number of alkyl halides is 3. The van der Waals surface area contributed by atoms with E-state index in [0.717, 1.165) is 0 Å². The Kier molecular flexibility index (Phi) is 4.42. The van der Waals surface area contributed by atoms with E-state index in [1.807, 2.05) is 0 Å². The van der Waals surface area contributed by atoms with Gasteiger partial charge in [0.25, 0.3) is 5.91 Å². The van der Waals surface area contributed by atoms with Crippen LogP contribution >= 0.6 is 11.8 Å². The zero-order valence-corrected chi connectivity index (χ0v) is 11.5. The molecule has 7 heteroatoms. The maximum Gasteiger partial charge on any atom is 0.446 e. The molecule has 0 saturated heterocycles. The summed E-state index contributed by atoms with van der Waals surface area (Å²) in [4.78, 5) is 12.0. The Morgan fingerprint density at radius 2 is 1.57 bits per heavy atom. The number of nitrogen functional groups attached to an aromatic ring is 1. The second-order valence-electron chi connectivity index (χ2n) is 4.15. The largest absolute Gasteiger partial charge is 0.446 e. The molecule has 2 aromatic carbocycles. The molecule has 0 fully saturated rings. The number of nitrogens with one attached hydrogen (secondary N) is 1. The predicted molar refractivity (Wildman–Crippen MR) is 77.2 cm³/mol. The molecule has 21 heavy (non-hydrogen) atoms. The Morgan fingerprint density at radius 1 is 1.00 bits per heavy atom. The molecule has 0 atom stereocenters. The fraction of sp³-hybridized carbons (Fsp3) is 0.0714. The van der Waals surface area contributed by atoms with Crippen molar-refractivity contribution >= 4 is 29.0 Å². The minimum absolute atomic E-state index is 0.0629. The molecule has 1 amide bonds. The van der Waals surface area contributed by atoms with Gasteiger partial charge < -0.3 is 11.1 Å². The molecular weight excluding hydrogens is 301 g/mol. The smallest absolute Gasteiger partial charge is 0.399 e. The number of carbonyl (C=O) groups excluding carboxylic acids is 1. The summed E-state index contributed by atoms with van der Waals surface area (Å²) >= 11 is -0.200. The molecule has 2 aromatic rings. The van der Waals surface area contributed by atoms with Crippen LogP contribution < -0.4 is 11.1 Å². The monoisotopic (exact) mass is 312 g/mol. The van der Waals surface area contributed by atoms with E-state index in [1.165, 1.54) is 24.3 Å². The third kappa shape index (κ3) is 4.71. The van der Waals surface area contributed by atoms with Crippen molar-refractivity contribution in [1.82, 2.24) is 0 Å². The first kappa shape index (κ1) is 15.2. The summed E-state index contributed by atoms with van der Waals surface area (Å²) in [5.74, 6) is -0.355. The van der Waals surface area contributed by atoms with Gasteiger partial charge in [-0.15, -0.1) is 0 Å². The van der Waals surface area contributed by atoms with Crippen molar-refractivity contribution in [2.45, 2.75) is 10.4 Å². The van der Waals surface area contributed by atoms with E-state index in [1.54, 1.807) is 24.3 Å². The summed E-state index contributed by atoms with van der Waals surface area (Å²) in [5.41, 5.74) is 2.57. The molecule has 0 unspecified atom stereocenters. The van der Waals surface area contributed by atoms with E-state index in [-0.39, 0.29) is 22.6 Å². The maximum absolute atomic E-state index is 12.2.